The molecule has 0 saturated carbocycles. The zero-order chi connectivity index (χ0) is 18.4. The molecule has 0 spiro atoms. The lowest BCUT2D eigenvalue weighted by atomic mass is 10.2. The molecule has 1 aromatic heterocycles. The quantitative estimate of drug-likeness (QED) is 0.488. The molecule has 0 aliphatic rings. The van der Waals surface area contributed by atoms with Gasteiger partial charge in [0.25, 0.3) is 0 Å². The van der Waals surface area contributed by atoms with E-state index in [2.05, 4.69) is 29.0 Å². The first-order valence-electron chi connectivity index (χ1n) is 8.52. The molecule has 0 amide bonds. The van der Waals surface area contributed by atoms with Gasteiger partial charge in [-0.2, -0.15) is 0 Å². The van der Waals surface area contributed by atoms with Gasteiger partial charge in [-0.25, -0.2) is 4.79 Å². The van der Waals surface area contributed by atoms with E-state index in [0.29, 0.717) is 13.2 Å². The average molecular weight is 351 g/mol. The van der Waals surface area contributed by atoms with Crippen molar-refractivity contribution in [3.63, 3.8) is 0 Å². The average Bonchev–Trinajstić information content (AvgIpc) is 3.06. The number of hydrogen-bond acceptors (Lipinski definition) is 3. The molecule has 5 heteroatoms. The van der Waals surface area contributed by atoms with Crippen molar-refractivity contribution in [2.75, 3.05) is 13.2 Å². The third-order valence-corrected chi connectivity index (χ3v) is 3.97. The number of para-hydroxylation sites is 1. The van der Waals surface area contributed by atoms with Crippen molar-refractivity contribution in [2.24, 2.45) is 0 Å². The number of aromatic nitrogens is 1. The molecular weight excluding hydrogens is 330 g/mol. The Morgan fingerprint density at radius 2 is 1.88 bits per heavy atom. The molecule has 0 bridgehead atoms. The Hall–Kier alpha value is -3.21. The highest BCUT2D eigenvalue weighted by molar-refractivity contribution is 5.89. The SMILES string of the molecule is CCO/C(=C\c1ccc(OCCn2ccc3ccccc32)cc1)C(=O)O. The minimum Gasteiger partial charge on any atom is -0.492 e. The Balaban J connectivity index is 1.59. The van der Waals surface area contributed by atoms with Gasteiger partial charge in [0.15, 0.2) is 0 Å². The molecular formula is C21H21NO4. The minimum atomic E-state index is -1.08. The lowest BCUT2D eigenvalue weighted by molar-refractivity contribution is -0.136. The third-order valence-electron chi connectivity index (χ3n) is 3.97. The normalized spacial score (nSPS) is 11.5. The fourth-order valence-corrected chi connectivity index (χ4v) is 2.73. The zero-order valence-electron chi connectivity index (χ0n) is 14.6. The fourth-order valence-electron chi connectivity index (χ4n) is 2.73. The Morgan fingerprint density at radius 3 is 2.62 bits per heavy atom. The van der Waals surface area contributed by atoms with E-state index in [1.165, 1.54) is 17.0 Å². The van der Waals surface area contributed by atoms with Crippen molar-refractivity contribution in [3.8, 4) is 5.75 Å². The third kappa shape index (κ3) is 4.25. The molecule has 0 radical (unpaired) electrons. The Kier molecular flexibility index (Phi) is 5.59. The van der Waals surface area contributed by atoms with Gasteiger partial charge in [-0.3, -0.25) is 0 Å². The summed E-state index contributed by atoms with van der Waals surface area (Å²) >= 11 is 0. The highest BCUT2D eigenvalue weighted by Gasteiger charge is 2.07. The molecule has 0 unspecified atom stereocenters. The Morgan fingerprint density at radius 1 is 1.12 bits per heavy atom. The van der Waals surface area contributed by atoms with Gasteiger partial charge in [0.1, 0.15) is 12.4 Å². The first-order chi connectivity index (χ1) is 12.7. The number of nitrogens with zero attached hydrogens (tertiary/aromatic N) is 1. The van der Waals surface area contributed by atoms with Crippen LogP contribution in [0.3, 0.4) is 0 Å². The second-order valence-corrected chi connectivity index (χ2v) is 5.73. The highest BCUT2D eigenvalue weighted by atomic mass is 16.5. The van der Waals surface area contributed by atoms with E-state index >= 15 is 0 Å². The van der Waals surface area contributed by atoms with Crippen LogP contribution in [-0.2, 0) is 16.1 Å². The smallest absolute Gasteiger partial charge is 0.371 e. The van der Waals surface area contributed by atoms with Crippen LogP contribution in [0.4, 0.5) is 0 Å². The van der Waals surface area contributed by atoms with E-state index < -0.39 is 5.97 Å². The molecule has 0 saturated heterocycles. The lowest BCUT2D eigenvalue weighted by Crippen LogP contribution is -2.07. The number of carboxylic acids is 1. The van der Waals surface area contributed by atoms with E-state index in [1.807, 2.05) is 36.4 Å². The van der Waals surface area contributed by atoms with Crippen LogP contribution < -0.4 is 4.74 Å². The van der Waals surface area contributed by atoms with Crippen LogP contribution in [-0.4, -0.2) is 28.9 Å². The maximum absolute atomic E-state index is 11.1. The van der Waals surface area contributed by atoms with Crippen molar-refractivity contribution >= 4 is 22.9 Å². The number of rotatable bonds is 8. The summed E-state index contributed by atoms with van der Waals surface area (Å²) in [7, 11) is 0. The second kappa shape index (κ2) is 8.25. The van der Waals surface area contributed by atoms with Gasteiger partial charge < -0.3 is 19.1 Å². The number of hydrogen-bond donors (Lipinski definition) is 1. The van der Waals surface area contributed by atoms with E-state index in [-0.39, 0.29) is 5.76 Å². The number of fused-ring (bicyclic) bond motifs is 1. The number of benzene rings is 2. The van der Waals surface area contributed by atoms with Gasteiger partial charge in [-0.1, -0.05) is 30.3 Å². The van der Waals surface area contributed by atoms with Gasteiger partial charge in [0.05, 0.1) is 13.2 Å². The van der Waals surface area contributed by atoms with E-state index in [9.17, 15) is 4.79 Å². The predicted molar refractivity (Wildman–Crippen MR) is 101 cm³/mol. The van der Waals surface area contributed by atoms with Crippen LogP contribution in [0.2, 0.25) is 0 Å². The largest absolute Gasteiger partial charge is 0.492 e. The number of carboxylic acid groups (broad SMARTS) is 1. The summed E-state index contributed by atoms with van der Waals surface area (Å²) in [5.74, 6) is -0.404. The number of ether oxygens (including phenoxy) is 2. The lowest BCUT2D eigenvalue weighted by Gasteiger charge is -2.09. The van der Waals surface area contributed by atoms with E-state index in [1.54, 1.807) is 6.92 Å². The second-order valence-electron chi connectivity index (χ2n) is 5.73. The van der Waals surface area contributed by atoms with Gasteiger partial charge in [-0.05, 0) is 48.2 Å². The monoisotopic (exact) mass is 351 g/mol. The number of aliphatic carboxylic acids is 1. The summed E-state index contributed by atoms with van der Waals surface area (Å²) in [5, 5.41) is 10.3. The topological polar surface area (TPSA) is 60.7 Å². The zero-order valence-corrected chi connectivity index (χ0v) is 14.6. The molecule has 0 atom stereocenters. The predicted octanol–water partition coefficient (Wildman–Crippen LogP) is 4.18. The fraction of sp³-hybridized carbons (Fsp3) is 0.190. The van der Waals surface area contributed by atoms with Gasteiger partial charge in [-0.15, -0.1) is 0 Å². The first kappa shape index (κ1) is 17.6. The summed E-state index contributed by atoms with van der Waals surface area (Å²) in [6, 6.07) is 17.6. The molecule has 5 nitrogen and oxygen atoms in total. The van der Waals surface area contributed by atoms with Crippen LogP contribution in [0.15, 0.2) is 66.6 Å². The molecule has 1 heterocycles. The summed E-state index contributed by atoms with van der Waals surface area (Å²) in [5.41, 5.74) is 1.94. The maximum Gasteiger partial charge on any atom is 0.371 e. The van der Waals surface area contributed by atoms with Gasteiger partial charge in [0, 0.05) is 11.7 Å². The molecule has 0 aliphatic heterocycles. The van der Waals surface area contributed by atoms with Crippen molar-refractivity contribution in [3.05, 3.63) is 72.1 Å². The van der Waals surface area contributed by atoms with Crippen molar-refractivity contribution in [1.82, 2.24) is 4.57 Å². The molecule has 0 fully saturated rings. The molecule has 2 aromatic carbocycles. The molecule has 3 aromatic rings. The maximum atomic E-state index is 11.1. The summed E-state index contributed by atoms with van der Waals surface area (Å²) < 4.78 is 13.1. The molecule has 1 N–H and O–H groups in total. The van der Waals surface area contributed by atoms with Crippen LogP contribution in [0.1, 0.15) is 12.5 Å². The van der Waals surface area contributed by atoms with Crippen LogP contribution in [0.5, 0.6) is 5.75 Å². The van der Waals surface area contributed by atoms with Crippen LogP contribution >= 0.6 is 0 Å². The van der Waals surface area contributed by atoms with Crippen LogP contribution in [0, 0.1) is 0 Å². The van der Waals surface area contributed by atoms with E-state index in [0.717, 1.165) is 17.9 Å². The summed E-state index contributed by atoms with van der Waals surface area (Å²) in [6.45, 7) is 3.37. The van der Waals surface area contributed by atoms with Crippen molar-refractivity contribution in [1.29, 1.82) is 0 Å². The summed E-state index contributed by atoms with van der Waals surface area (Å²) in [4.78, 5) is 11.1. The molecule has 134 valence electrons. The first-order valence-corrected chi connectivity index (χ1v) is 8.52. The summed E-state index contributed by atoms with van der Waals surface area (Å²) in [6.07, 6.45) is 3.56. The molecule has 0 aliphatic carbocycles. The van der Waals surface area contributed by atoms with Crippen molar-refractivity contribution < 1.29 is 19.4 Å². The van der Waals surface area contributed by atoms with Gasteiger partial charge >= 0.3 is 5.97 Å². The molecule has 3 rings (SSSR count). The van der Waals surface area contributed by atoms with Crippen molar-refractivity contribution in [2.45, 2.75) is 13.5 Å². The van der Waals surface area contributed by atoms with E-state index in [4.69, 9.17) is 14.6 Å². The minimum absolute atomic E-state index is 0.0688. The Labute approximate surface area is 152 Å². The van der Waals surface area contributed by atoms with Crippen LogP contribution in [0.25, 0.3) is 17.0 Å². The highest BCUT2D eigenvalue weighted by Crippen LogP contribution is 2.17. The standard InChI is InChI=1S/C21H21NO4/c1-2-25-20(21(23)24)15-16-7-9-18(10-8-16)26-14-13-22-12-11-17-5-3-4-6-19(17)22/h3-12,15H,2,13-14H2,1H3,(H,23,24)/b20-15-. The van der Waals surface area contributed by atoms with Gasteiger partial charge in [0.2, 0.25) is 5.76 Å². The number of carbonyl (C=O) groups is 1. The Bertz CT molecular complexity index is 909. The molecule has 26 heavy (non-hydrogen) atoms.